The van der Waals surface area contributed by atoms with Crippen LogP contribution in [0, 0.1) is 0 Å². The SMILES string of the molecule is CCC(Oc1ccccc1Cl)C(=O)Nc1cccc(Cl)c1Cl. The maximum absolute atomic E-state index is 12.3. The van der Waals surface area contributed by atoms with Gasteiger partial charge in [0.2, 0.25) is 0 Å². The molecule has 2 aromatic carbocycles. The normalized spacial score (nSPS) is 11.8. The van der Waals surface area contributed by atoms with Crippen molar-refractivity contribution in [2.45, 2.75) is 19.4 Å². The summed E-state index contributed by atoms with van der Waals surface area (Å²) >= 11 is 18.0. The average Bonchev–Trinajstić information content (AvgIpc) is 2.51. The van der Waals surface area contributed by atoms with Crippen LogP contribution in [0.4, 0.5) is 5.69 Å². The van der Waals surface area contributed by atoms with Crippen LogP contribution in [0.2, 0.25) is 15.1 Å². The highest BCUT2D eigenvalue weighted by Gasteiger charge is 2.20. The molecular weight excluding hydrogens is 345 g/mol. The molecule has 0 bridgehead atoms. The zero-order valence-corrected chi connectivity index (χ0v) is 14.0. The molecule has 6 heteroatoms. The van der Waals surface area contributed by atoms with Gasteiger partial charge in [0.15, 0.2) is 6.10 Å². The Kier molecular flexibility index (Phi) is 5.95. The molecule has 0 aliphatic rings. The van der Waals surface area contributed by atoms with E-state index in [1.54, 1.807) is 42.5 Å². The molecule has 1 amide bonds. The van der Waals surface area contributed by atoms with E-state index in [1.807, 2.05) is 6.92 Å². The number of carbonyl (C=O) groups excluding carboxylic acids is 1. The number of benzene rings is 2. The number of halogens is 3. The number of hydrogen-bond donors (Lipinski definition) is 1. The van der Waals surface area contributed by atoms with E-state index in [1.165, 1.54) is 0 Å². The number of carbonyl (C=O) groups is 1. The number of amides is 1. The van der Waals surface area contributed by atoms with Gasteiger partial charge in [-0.3, -0.25) is 4.79 Å². The number of ether oxygens (including phenoxy) is 1. The van der Waals surface area contributed by atoms with Crippen molar-refractivity contribution in [3.8, 4) is 5.75 Å². The van der Waals surface area contributed by atoms with E-state index in [4.69, 9.17) is 39.5 Å². The van der Waals surface area contributed by atoms with E-state index in [9.17, 15) is 4.79 Å². The minimum absolute atomic E-state index is 0.296. The highest BCUT2D eigenvalue weighted by molar-refractivity contribution is 6.44. The maximum atomic E-state index is 12.3. The molecular formula is C16H14Cl3NO2. The first-order chi connectivity index (χ1) is 10.5. The lowest BCUT2D eigenvalue weighted by Gasteiger charge is -2.18. The molecule has 116 valence electrons. The summed E-state index contributed by atoms with van der Waals surface area (Å²) in [6, 6.07) is 12.0. The molecule has 0 aromatic heterocycles. The minimum Gasteiger partial charge on any atom is -0.479 e. The van der Waals surface area contributed by atoms with Crippen LogP contribution in [0.15, 0.2) is 42.5 Å². The standard InChI is InChI=1S/C16H14Cl3NO2/c1-2-13(22-14-9-4-3-6-10(14)17)16(21)20-12-8-5-7-11(18)15(12)19/h3-9,13H,2H2,1H3,(H,20,21). The number of para-hydroxylation sites is 1. The monoisotopic (exact) mass is 357 g/mol. The predicted molar refractivity (Wildman–Crippen MR) is 91.3 cm³/mol. The van der Waals surface area contributed by atoms with Gasteiger partial charge in [0.1, 0.15) is 5.75 Å². The molecule has 0 aliphatic heterocycles. The van der Waals surface area contributed by atoms with Gasteiger partial charge in [-0.05, 0) is 30.7 Å². The predicted octanol–water partition coefficient (Wildman–Crippen LogP) is 5.44. The molecule has 0 saturated carbocycles. The second kappa shape index (κ2) is 7.73. The van der Waals surface area contributed by atoms with Gasteiger partial charge in [0.25, 0.3) is 5.91 Å². The van der Waals surface area contributed by atoms with Gasteiger partial charge in [-0.25, -0.2) is 0 Å². The van der Waals surface area contributed by atoms with E-state index in [-0.39, 0.29) is 5.91 Å². The first kappa shape index (κ1) is 16.9. The molecule has 1 unspecified atom stereocenters. The molecule has 0 spiro atoms. The second-order valence-corrected chi connectivity index (χ2v) is 5.73. The van der Waals surface area contributed by atoms with E-state index in [0.717, 1.165) is 0 Å². The first-order valence-electron chi connectivity index (χ1n) is 6.69. The lowest BCUT2D eigenvalue weighted by molar-refractivity contribution is -0.122. The van der Waals surface area contributed by atoms with Crippen molar-refractivity contribution in [1.29, 1.82) is 0 Å². The fraction of sp³-hybridized carbons (Fsp3) is 0.188. The van der Waals surface area contributed by atoms with Gasteiger partial charge >= 0.3 is 0 Å². The summed E-state index contributed by atoms with van der Waals surface area (Å²) in [6.45, 7) is 1.85. The van der Waals surface area contributed by atoms with Crippen LogP contribution in [0.5, 0.6) is 5.75 Å². The fourth-order valence-corrected chi connectivity index (χ4v) is 2.36. The average molecular weight is 359 g/mol. The molecule has 0 saturated heterocycles. The van der Waals surface area contributed by atoms with Crippen LogP contribution in [0.3, 0.4) is 0 Å². The summed E-state index contributed by atoms with van der Waals surface area (Å²) in [5.74, 6) is 0.148. The number of hydrogen-bond acceptors (Lipinski definition) is 2. The molecule has 0 heterocycles. The molecule has 22 heavy (non-hydrogen) atoms. The Labute approximate surface area is 144 Å². The Morgan fingerprint density at radius 3 is 2.45 bits per heavy atom. The summed E-state index contributed by atoms with van der Waals surface area (Å²) in [5.41, 5.74) is 0.445. The molecule has 2 aromatic rings. The van der Waals surface area contributed by atoms with E-state index < -0.39 is 6.10 Å². The highest BCUT2D eigenvalue weighted by atomic mass is 35.5. The first-order valence-corrected chi connectivity index (χ1v) is 7.82. The number of rotatable bonds is 5. The van der Waals surface area contributed by atoms with Crippen LogP contribution in [0.25, 0.3) is 0 Å². The lowest BCUT2D eigenvalue weighted by Crippen LogP contribution is -2.32. The Morgan fingerprint density at radius 2 is 1.77 bits per heavy atom. The largest absolute Gasteiger partial charge is 0.479 e. The van der Waals surface area contributed by atoms with Crippen molar-refractivity contribution in [2.75, 3.05) is 5.32 Å². The van der Waals surface area contributed by atoms with Crippen LogP contribution < -0.4 is 10.1 Å². The summed E-state index contributed by atoms with van der Waals surface area (Å²) in [6.07, 6.45) is -0.204. The van der Waals surface area contributed by atoms with Gasteiger partial charge in [0.05, 0.1) is 20.8 Å². The third kappa shape index (κ3) is 4.07. The Morgan fingerprint density at radius 1 is 1.09 bits per heavy atom. The van der Waals surface area contributed by atoms with Gasteiger partial charge in [0, 0.05) is 0 Å². The molecule has 1 N–H and O–H groups in total. The van der Waals surface area contributed by atoms with Crippen molar-refractivity contribution in [2.24, 2.45) is 0 Å². The van der Waals surface area contributed by atoms with E-state index in [0.29, 0.717) is 32.9 Å². The Balaban J connectivity index is 2.12. The van der Waals surface area contributed by atoms with Crippen molar-refractivity contribution in [3.05, 3.63) is 57.5 Å². The van der Waals surface area contributed by atoms with Gasteiger partial charge in [-0.1, -0.05) is 59.9 Å². The van der Waals surface area contributed by atoms with Crippen LogP contribution in [-0.2, 0) is 4.79 Å². The van der Waals surface area contributed by atoms with Crippen LogP contribution in [-0.4, -0.2) is 12.0 Å². The van der Waals surface area contributed by atoms with Crippen LogP contribution in [0.1, 0.15) is 13.3 Å². The molecule has 0 fully saturated rings. The number of nitrogens with one attached hydrogen (secondary N) is 1. The summed E-state index contributed by atoms with van der Waals surface area (Å²) < 4.78 is 5.68. The van der Waals surface area contributed by atoms with Gasteiger partial charge < -0.3 is 10.1 Å². The molecule has 0 radical (unpaired) electrons. The minimum atomic E-state index is -0.685. The Bertz CT molecular complexity index is 676. The summed E-state index contributed by atoms with van der Waals surface area (Å²) in [4.78, 5) is 12.3. The lowest BCUT2D eigenvalue weighted by atomic mass is 10.2. The Hall–Kier alpha value is -1.42. The second-order valence-electron chi connectivity index (χ2n) is 4.54. The quantitative estimate of drug-likeness (QED) is 0.772. The van der Waals surface area contributed by atoms with Crippen LogP contribution >= 0.6 is 34.8 Å². The number of anilines is 1. The summed E-state index contributed by atoms with van der Waals surface area (Å²) in [7, 11) is 0. The third-order valence-electron chi connectivity index (χ3n) is 2.98. The zero-order chi connectivity index (χ0) is 16.1. The van der Waals surface area contributed by atoms with E-state index >= 15 is 0 Å². The van der Waals surface area contributed by atoms with E-state index in [2.05, 4.69) is 5.32 Å². The maximum Gasteiger partial charge on any atom is 0.265 e. The molecule has 3 nitrogen and oxygen atoms in total. The fourth-order valence-electron chi connectivity index (χ4n) is 1.83. The van der Waals surface area contributed by atoms with Gasteiger partial charge in [-0.2, -0.15) is 0 Å². The van der Waals surface area contributed by atoms with Gasteiger partial charge in [-0.15, -0.1) is 0 Å². The highest BCUT2D eigenvalue weighted by Crippen LogP contribution is 2.30. The van der Waals surface area contributed by atoms with Crippen molar-refractivity contribution in [1.82, 2.24) is 0 Å². The topological polar surface area (TPSA) is 38.3 Å². The van der Waals surface area contributed by atoms with Crippen molar-refractivity contribution in [3.63, 3.8) is 0 Å². The van der Waals surface area contributed by atoms with Crippen molar-refractivity contribution >= 4 is 46.4 Å². The molecule has 2 rings (SSSR count). The van der Waals surface area contributed by atoms with Crippen molar-refractivity contribution < 1.29 is 9.53 Å². The molecule has 0 aliphatic carbocycles. The summed E-state index contributed by atoms with van der Waals surface area (Å²) in [5, 5.41) is 3.84. The third-order valence-corrected chi connectivity index (χ3v) is 4.11. The smallest absolute Gasteiger partial charge is 0.265 e. The zero-order valence-electron chi connectivity index (χ0n) is 11.8. The molecule has 1 atom stereocenters.